The number of nitrogens with one attached hydrogen (secondary N) is 1. The zero-order chi connectivity index (χ0) is 15.9. The van der Waals surface area contributed by atoms with Gasteiger partial charge in [0.1, 0.15) is 17.6 Å². The van der Waals surface area contributed by atoms with E-state index in [-0.39, 0.29) is 5.82 Å². The lowest BCUT2D eigenvalue weighted by Crippen LogP contribution is -2.22. The summed E-state index contributed by atoms with van der Waals surface area (Å²) in [6.45, 7) is 2.37. The van der Waals surface area contributed by atoms with Crippen LogP contribution in [0.25, 0.3) is 0 Å². The second-order valence-electron chi connectivity index (χ2n) is 5.12. The molecule has 0 amide bonds. The van der Waals surface area contributed by atoms with Gasteiger partial charge in [0.2, 0.25) is 0 Å². The van der Waals surface area contributed by atoms with Crippen molar-refractivity contribution in [2.45, 2.75) is 19.4 Å². The van der Waals surface area contributed by atoms with Crippen molar-refractivity contribution in [1.29, 1.82) is 5.26 Å². The van der Waals surface area contributed by atoms with Crippen molar-refractivity contribution >= 4 is 0 Å². The van der Waals surface area contributed by atoms with Crippen molar-refractivity contribution in [2.75, 3.05) is 13.7 Å². The van der Waals surface area contributed by atoms with E-state index in [4.69, 9.17) is 4.74 Å². The number of benzene rings is 2. The highest BCUT2D eigenvalue weighted by Crippen LogP contribution is 2.17. The first kappa shape index (κ1) is 16.0. The Labute approximate surface area is 130 Å². The standard InChI is InChI=1S/C18H19FN2O/c1-13-11-15(5-8-17(13)19)18(12-20)21-10-9-14-3-6-16(22-2)7-4-14/h3-8,11,18,21H,9-10H2,1-2H3. The first-order valence-corrected chi connectivity index (χ1v) is 7.16. The summed E-state index contributed by atoms with van der Waals surface area (Å²) in [7, 11) is 1.64. The molecule has 0 aliphatic rings. The van der Waals surface area contributed by atoms with Gasteiger partial charge in [0.15, 0.2) is 0 Å². The zero-order valence-corrected chi connectivity index (χ0v) is 12.8. The number of hydrogen-bond donors (Lipinski definition) is 1. The van der Waals surface area contributed by atoms with Crippen LogP contribution in [0.15, 0.2) is 42.5 Å². The summed E-state index contributed by atoms with van der Waals surface area (Å²) in [5.74, 6) is 0.576. The monoisotopic (exact) mass is 298 g/mol. The minimum Gasteiger partial charge on any atom is -0.497 e. The van der Waals surface area contributed by atoms with Crippen LogP contribution in [0.5, 0.6) is 5.75 Å². The third-order valence-corrected chi connectivity index (χ3v) is 3.57. The maximum absolute atomic E-state index is 13.3. The largest absolute Gasteiger partial charge is 0.497 e. The van der Waals surface area contributed by atoms with Gasteiger partial charge in [-0.2, -0.15) is 5.26 Å². The van der Waals surface area contributed by atoms with E-state index in [0.717, 1.165) is 17.7 Å². The van der Waals surface area contributed by atoms with Gasteiger partial charge >= 0.3 is 0 Å². The molecule has 0 aliphatic carbocycles. The van der Waals surface area contributed by atoms with Crippen LogP contribution in [0.3, 0.4) is 0 Å². The van der Waals surface area contributed by atoms with E-state index < -0.39 is 6.04 Å². The van der Waals surface area contributed by atoms with E-state index in [9.17, 15) is 9.65 Å². The van der Waals surface area contributed by atoms with Gasteiger partial charge in [-0.1, -0.05) is 24.3 Å². The summed E-state index contributed by atoms with van der Waals surface area (Å²) in [4.78, 5) is 0. The lowest BCUT2D eigenvalue weighted by Gasteiger charge is -2.13. The summed E-state index contributed by atoms with van der Waals surface area (Å²) in [5, 5.41) is 12.5. The molecule has 3 nitrogen and oxygen atoms in total. The molecular weight excluding hydrogens is 279 g/mol. The van der Waals surface area contributed by atoms with E-state index in [1.54, 1.807) is 26.2 Å². The number of hydrogen-bond acceptors (Lipinski definition) is 3. The fourth-order valence-corrected chi connectivity index (χ4v) is 2.24. The van der Waals surface area contributed by atoms with E-state index >= 15 is 0 Å². The summed E-state index contributed by atoms with van der Waals surface area (Å²) in [5.41, 5.74) is 2.51. The average Bonchev–Trinajstić information content (AvgIpc) is 2.55. The molecule has 2 rings (SSSR count). The highest BCUT2D eigenvalue weighted by atomic mass is 19.1. The van der Waals surface area contributed by atoms with E-state index in [1.165, 1.54) is 11.6 Å². The van der Waals surface area contributed by atoms with Crippen molar-refractivity contribution in [2.24, 2.45) is 0 Å². The van der Waals surface area contributed by atoms with Gasteiger partial charge in [0.25, 0.3) is 0 Å². The Bertz CT molecular complexity index is 662. The molecule has 1 unspecified atom stereocenters. The Balaban J connectivity index is 1.93. The third kappa shape index (κ3) is 4.06. The Morgan fingerprint density at radius 2 is 1.95 bits per heavy atom. The van der Waals surface area contributed by atoms with E-state index in [0.29, 0.717) is 12.1 Å². The molecule has 4 heteroatoms. The first-order valence-electron chi connectivity index (χ1n) is 7.16. The predicted molar refractivity (Wildman–Crippen MR) is 84.2 cm³/mol. The Morgan fingerprint density at radius 1 is 1.23 bits per heavy atom. The maximum Gasteiger partial charge on any atom is 0.126 e. The number of ether oxygens (including phenoxy) is 1. The Kier molecular flexibility index (Phi) is 5.51. The lowest BCUT2D eigenvalue weighted by molar-refractivity contribution is 0.414. The molecule has 0 aromatic heterocycles. The van der Waals surface area contributed by atoms with E-state index in [1.807, 2.05) is 24.3 Å². The van der Waals surface area contributed by atoms with Gasteiger partial charge in [-0.15, -0.1) is 0 Å². The molecule has 2 aromatic rings. The Hall–Kier alpha value is -2.38. The number of nitrogens with zero attached hydrogens (tertiary/aromatic N) is 1. The van der Waals surface area contributed by atoms with Gasteiger partial charge in [-0.25, -0.2) is 4.39 Å². The topological polar surface area (TPSA) is 45.0 Å². The molecule has 0 saturated heterocycles. The molecule has 0 bridgehead atoms. The smallest absolute Gasteiger partial charge is 0.126 e. The number of halogens is 1. The molecule has 0 fully saturated rings. The predicted octanol–water partition coefficient (Wildman–Crippen LogP) is 3.54. The molecule has 1 N–H and O–H groups in total. The highest BCUT2D eigenvalue weighted by Gasteiger charge is 2.11. The van der Waals surface area contributed by atoms with Crippen LogP contribution in [0.4, 0.5) is 4.39 Å². The average molecular weight is 298 g/mol. The minimum atomic E-state index is -0.433. The second kappa shape index (κ2) is 7.58. The van der Waals surface area contributed by atoms with Crippen LogP contribution in [0.2, 0.25) is 0 Å². The SMILES string of the molecule is COc1ccc(CCNC(C#N)c2ccc(F)c(C)c2)cc1. The summed E-state index contributed by atoms with van der Waals surface area (Å²) >= 11 is 0. The number of aryl methyl sites for hydroxylation is 1. The molecule has 1 atom stereocenters. The maximum atomic E-state index is 13.3. The van der Waals surface area contributed by atoms with Crippen LogP contribution in [0, 0.1) is 24.1 Å². The van der Waals surface area contributed by atoms with Gasteiger partial charge in [0.05, 0.1) is 13.2 Å². The number of nitriles is 1. The van der Waals surface area contributed by atoms with Gasteiger partial charge in [-0.05, 0) is 48.2 Å². The van der Waals surface area contributed by atoms with Crippen molar-refractivity contribution in [3.63, 3.8) is 0 Å². The molecular formula is C18H19FN2O. The van der Waals surface area contributed by atoms with Crippen molar-refractivity contribution < 1.29 is 9.13 Å². The van der Waals surface area contributed by atoms with Crippen LogP contribution in [0.1, 0.15) is 22.7 Å². The van der Waals surface area contributed by atoms with Gasteiger partial charge < -0.3 is 4.74 Å². The second-order valence-corrected chi connectivity index (χ2v) is 5.12. The number of methoxy groups -OCH3 is 1. The Morgan fingerprint density at radius 3 is 2.55 bits per heavy atom. The first-order chi connectivity index (χ1) is 10.6. The van der Waals surface area contributed by atoms with Crippen LogP contribution < -0.4 is 10.1 Å². The molecule has 22 heavy (non-hydrogen) atoms. The van der Waals surface area contributed by atoms with Crippen LogP contribution in [-0.2, 0) is 6.42 Å². The van der Waals surface area contributed by atoms with Crippen molar-refractivity contribution in [3.8, 4) is 11.8 Å². The molecule has 2 aromatic carbocycles. The van der Waals surface area contributed by atoms with Crippen LogP contribution in [-0.4, -0.2) is 13.7 Å². The summed E-state index contributed by atoms with van der Waals surface area (Å²) < 4.78 is 18.4. The molecule has 0 heterocycles. The summed E-state index contributed by atoms with van der Waals surface area (Å²) in [6, 6.07) is 14.4. The minimum absolute atomic E-state index is 0.251. The van der Waals surface area contributed by atoms with Gasteiger partial charge in [0, 0.05) is 6.54 Å². The van der Waals surface area contributed by atoms with Crippen molar-refractivity contribution in [1.82, 2.24) is 5.32 Å². The number of rotatable bonds is 6. The van der Waals surface area contributed by atoms with E-state index in [2.05, 4.69) is 11.4 Å². The molecule has 0 radical (unpaired) electrons. The zero-order valence-electron chi connectivity index (χ0n) is 12.8. The fourth-order valence-electron chi connectivity index (χ4n) is 2.24. The molecule has 0 spiro atoms. The highest BCUT2D eigenvalue weighted by molar-refractivity contribution is 5.30. The fraction of sp³-hybridized carbons (Fsp3) is 0.278. The summed E-state index contributed by atoms with van der Waals surface area (Å²) in [6.07, 6.45) is 0.808. The molecule has 0 saturated carbocycles. The quantitative estimate of drug-likeness (QED) is 0.887. The van der Waals surface area contributed by atoms with Gasteiger partial charge in [-0.3, -0.25) is 5.32 Å². The lowest BCUT2D eigenvalue weighted by atomic mass is 10.0. The van der Waals surface area contributed by atoms with Crippen molar-refractivity contribution in [3.05, 3.63) is 65.0 Å². The normalized spacial score (nSPS) is 11.7. The molecule has 114 valence electrons. The molecule has 0 aliphatic heterocycles. The van der Waals surface area contributed by atoms with Crippen LogP contribution >= 0.6 is 0 Å². The third-order valence-electron chi connectivity index (χ3n) is 3.57.